The van der Waals surface area contributed by atoms with E-state index < -0.39 is 6.10 Å². The fourth-order valence-electron chi connectivity index (χ4n) is 1.95. The number of methoxy groups -OCH3 is 1. The molecule has 0 saturated heterocycles. The van der Waals surface area contributed by atoms with Gasteiger partial charge in [0.2, 0.25) is 0 Å². The summed E-state index contributed by atoms with van der Waals surface area (Å²) < 4.78 is 5.30. The van der Waals surface area contributed by atoms with Crippen molar-refractivity contribution in [3.8, 4) is 16.9 Å². The van der Waals surface area contributed by atoms with E-state index in [1.54, 1.807) is 7.11 Å². The molecular weight excluding hydrogens is 254 g/mol. The van der Waals surface area contributed by atoms with E-state index >= 15 is 0 Å². The Bertz CT molecular complexity index is 543. The lowest BCUT2D eigenvalue weighted by atomic mass is 10.0. The van der Waals surface area contributed by atoms with Crippen LogP contribution in [0, 0.1) is 0 Å². The van der Waals surface area contributed by atoms with Crippen LogP contribution in [0.25, 0.3) is 11.1 Å². The molecule has 2 aromatic rings. The van der Waals surface area contributed by atoms with Crippen molar-refractivity contribution in [2.24, 2.45) is 0 Å². The molecule has 0 saturated carbocycles. The number of ether oxygens (including phenoxy) is 1. The largest absolute Gasteiger partial charge is 0.495 e. The summed E-state index contributed by atoms with van der Waals surface area (Å²) >= 11 is 0. The molecular formula is C16H19NO3. The van der Waals surface area contributed by atoms with E-state index in [0.717, 1.165) is 16.8 Å². The number of nitrogens with one attached hydrogen (secondary N) is 1. The van der Waals surface area contributed by atoms with Crippen molar-refractivity contribution in [2.75, 3.05) is 25.6 Å². The Hall–Kier alpha value is -2.04. The average Bonchev–Trinajstić information content (AvgIpc) is 2.53. The zero-order valence-electron chi connectivity index (χ0n) is 11.4. The lowest BCUT2D eigenvalue weighted by Gasteiger charge is -2.15. The van der Waals surface area contributed by atoms with Gasteiger partial charge in [0.1, 0.15) is 5.75 Å². The van der Waals surface area contributed by atoms with E-state index in [9.17, 15) is 5.11 Å². The molecule has 0 spiro atoms. The number of hydrogen-bond acceptors (Lipinski definition) is 4. The van der Waals surface area contributed by atoms with Gasteiger partial charge in [-0.15, -0.1) is 0 Å². The second-order valence-corrected chi connectivity index (χ2v) is 4.50. The fraction of sp³-hybridized carbons (Fsp3) is 0.250. The quantitative estimate of drug-likeness (QED) is 0.754. The van der Waals surface area contributed by atoms with Crippen LogP contribution in [0.1, 0.15) is 0 Å². The van der Waals surface area contributed by atoms with Crippen LogP contribution in [-0.4, -0.2) is 36.6 Å². The lowest BCUT2D eigenvalue weighted by Crippen LogP contribution is -2.23. The van der Waals surface area contributed by atoms with E-state index in [-0.39, 0.29) is 13.2 Å². The van der Waals surface area contributed by atoms with Gasteiger partial charge in [-0.2, -0.15) is 0 Å². The minimum atomic E-state index is -0.792. The Balaban J connectivity index is 2.25. The minimum Gasteiger partial charge on any atom is -0.495 e. The summed E-state index contributed by atoms with van der Waals surface area (Å²) in [5, 5.41) is 21.4. The van der Waals surface area contributed by atoms with Crippen molar-refractivity contribution in [2.45, 2.75) is 6.10 Å². The predicted molar refractivity (Wildman–Crippen MR) is 80.0 cm³/mol. The van der Waals surface area contributed by atoms with E-state index in [1.165, 1.54) is 0 Å². The van der Waals surface area contributed by atoms with Crippen LogP contribution >= 0.6 is 0 Å². The summed E-state index contributed by atoms with van der Waals surface area (Å²) in [5.74, 6) is 0.704. The van der Waals surface area contributed by atoms with Gasteiger partial charge in [-0.1, -0.05) is 36.4 Å². The van der Waals surface area contributed by atoms with Crippen molar-refractivity contribution in [3.05, 3.63) is 48.5 Å². The second kappa shape index (κ2) is 6.93. The summed E-state index contributed by atoms with van der Waals surface area (Å²) in [4.78, 5) is 0. The van der Waals surface area contributed by atoms with E-state index in [2.05, 4.69) is 5.32 Å². The first kappa shape index (κ1) is 14.4. The van der Waals surface area contributed by atoms with Crippen LogP contribution in [0.3, 0.4) is 0 Å². The Morgan fingerprint density at radius 2 is 1.85 bits per heavy atom. The first-order valence-electron chi connectivity index (χ1n) is 6.51. The van der Waals surface area contributed by atoms with Crippen molar-refractivity contribution < 1.29 is 14.9 Å². The molecule has 20 heavy (non-hydrogen) atoms. The third kappa shape index (κ3) is 3.50. The molecule has 2 aromatic carbocycles. The van der Waals surface area contributed by atoms with Gasteiger partial charge in [0.25, 0.3) is 0 Å². The minimum absolute atomic E-state index is 0.269. The molecule has 0 bridgehead atoms. The van der Waals surface area contributed by atoms with Crippen LogP contribution in [0.15, 0.2) is 48.5 Å². The van der Waals surface area contributed by atoms with Crippen LogP contribution in [0.2, 0.25) is 0 Å². The van der Waals surface area contributed by atoms with E-state index in [1.807, 2.05) is 48.5 Å². The van der Waals surface area contributed by atoms with Gasteiger partial charge in [-0.25, -0.2) is 0 Å². The molecule has 0 radical (unpaired) electrons. The van der Waals surface area contributed by atoms with E-state index in [0.29, 0.717) is 5.75 Å². The summed E-state index contributed by atoms with van der Waals surface area (Å²) in [7, 11) is 1.60. The van der Waals surface area contributed by atoms with Gasteiger partial charge in [0.05, 0.1) is 25.5 Å². The van der Waals surface area contributed by atoms with Crippen molar-refractivity contribution in [3.63, 3.8) is 0 Å². The normalized spacial score (nSPS) is 11.9. The maximum absolute atomic E-state index is 9.42. The molecule has 4 heteroatoms. The monoisotopic (exact) mass is 273 g/mol. The number of aliphatic hydroxyl groups is 2. The Morgan fingerprint density at radius 3 is 2.50 bits per heavy atom. The number of hydrogen-bond donors (Lipinski definition) is 3. The molecule has 1 atom stereocenters. The molecule has 0 aliphatic rings. The highest BCUT2D eigenvalue weighted by atomic mass is 16.5. The summed E-state index contributed by atoms with van der Waals surface area (Å²) in [6, 6.07) is 15.9. The smallest absolute Gasteiger partial charge is 0.141 e. The highest BCUT2D eigenvalue weighted by Gasteiger charge is 2.08. The third-order valence-electron chi connectivity index (χ3n) is 3.05. The molecule has 0 aromatic heterocycles. The lowest BCUT2D eigenvalue weighted by molar-refractivity contribution is 0.105. The first-order valence-corrected chi connectivity index (χ1v) is 6.51. The zero-order valence-corrected chi connectivity index (χ0v) is 11.4. The van der Waals surface area contributed by atoms with Crippen molar-refractivity contribution in [1.82, 2.24) is 0 Å². The maximum atomic E-state index is 9.42. The number of benzene rings is 2. The molecule has 0 aliphatic carbocycles. The summed E-state index contributed by atoms with van der Waals surface area (Å²) in [6.07, 6.45) is -0.792. The van der Waals surface area contributed by atoms with E-state index in [4.69, 9.17) is 9.84 Å². The molecule has 2 rings (SSSR count). The molecule has 4 nitrogen and oxygen atoms in total. The highest BCUT2D eigenvalue weighted by Crippen LogP contribution is 2.30. The molecule has 1 unspecified atom stereocenters. The van der Waals surface area contributed by atoms with Gasteiger partial charge in [-0.3, -0.25) is 0 Å². The van der Waals surface area contributed by atoms with Gasteiger partial charge in [-0.05, 0) is 23.3 Å². The van der Waals surface area contributed by atoms with Crippen LogP contribution in [-0.2, 0) is 0 Å². The average molecular weight is 273 g/mol. The highest BCUT2D eigenvalue weighted by molar-refractivity contribution is 5.71. The van der Waals surface area contributed by atoms with Crippen molar-refractivity contribution in [1.29, 1.82) is 0 Å². The number of anilines is 1. The Morgan fingerprint density at radius 1 is 1.10 bits per heavy atom. The Labute approximate surface area is 118 Å². The SMILES string of the molecule is COc1ccc(-c2ccccc2)cc1NCC(O)CO. The molecule has 0 fully saturated rings. The molecule has 0 amide bonds. The second-order valence-electron chi connectivity index (χ2n) is 4.50. The summed E-state index contributed by atoms with van der Waals surface area (Å²) in [6.45, 7) is -0.00120. The van der Waals surface area contributed by atoms with Gasteiger partial charge < -0.3 is 20.3 Å². The predicted octanol–water partition coefficient (Wildman–Crippen LogP) is 2.13. The third-order valence-corrected chi connectivity index (χ3v) is 3.05. The molecule has 0 aliphatic heterocycles. The fourth-order valence-corrected chi connectivity index (χ4v) is 1.95. The zero-order chi connectivity index (χ0) is 14.4. The van der Waals surface area contributed by atoms with Crippen molar-refractivity contribution >= 4 is 5.69 Å². The van der Waals surface area contributed by atoms with Gasteiger partial charge in [0, 0.05) is 6.54 Å². The number of rotatable bonds is 6. The number of aliphatic hydroxyl groups excluding tert-OH is 2. The van der Waals surface area contributed by atoms with Crippen LogP contribution in [0.4, 0.5) is 5.69 Å². The topological polar surface area (TPSA) is 61.7 Å². The molecule has 106 valence electrons. The van der Waals surface area contributed by atoms with Crippen LogP contribution in [0.5, 0.6) is 5.75 Å². The molecule has 0 heterocycles. The standard InChI is InChI=1S/C16H19NO3/c1-20-16-8-7-13(12-5-3-2-4-6-12)9-15(16)17-10-14(19)11-18/h2-9,14,17-19H,10-11H2,1H3. The van der Waals surface area contributed by atoms with Crippen LogP contribution < -0.4 is 10.1 Å². The van der Waals surface area contributed by atoms with Gasteiger partial charge in [0.15, 0.2) is 0 Å². The summed E-state index contributed by atoms with van der Waals surface area (Å²) in [5.41, 5.74) is 2.97. The maximum Gasteiger partial charge on any atom is 0.141 e. The van der Waals surface area contributed by atoms with Gasteiger partial charge >= 0.3 is 0 Å². The Kier molecular flexibility index (Phi) is 4.98. The first-order chi connectivity index (χ1) is 9.74. The molecule has 3 N–H and O–H groups in total.